The number of imidazole rings is 1. The van der Waals surface area contributed by atoms with E-state index >= 15 is 0 Å². The van der Waals surface area contributed by atoms with Crippen LogP contribution in [0.25, 0.3) is 0 Å². The first kappa shape index (κ1) is 14.8. The number of hydrogen-bond donors (Lipinski definition) is 1. The lowest BCUT2D eigenvalue weighted by molar-refractivity contribution is 0.519. The van der Waals surface area contributed by atoms with E-state index in [1.165, 1.54) is 27.9 Å². The number of nitrogens with one attached hydrogen (secondary N) is 1. The molecule has 0 radical (unpaired) electrons. The Kier molecular flexibility index (Phi) is 4.61. The van der Waals surface area contributed by atoms with Gasteiger partial charge in [0.15, 0.2) is 0 Å². The summed E-state index contributed by atoms with van der Waals surface area (Å²) in [7, 11) is 2.06. The molecule has 1 N–H and O–H groups in total. The normalized spacial score (nSPS) is 12.7. The fourth-order valence-corrected chi connectivity index (χ4v) is 2.97. The SMILES string of the molecule is CCNC(Cc1c(C)cc(C)cc1C)c1cncn1C. The van der Waals surface area contributed by atoms with Crippen molar-refractivity contribution in [3.05, 3.63) is 52.6 Å². The average molecular weight is 271 g/mol. The molecule has 1 atom stereocenters. The van der Waals surface area contributed by atoms with E-state index in [4.69, 9.17) is 0 Å². The maximum atomic E-state index is 4.25. The molecule has 1 heterocycles. The number of nitrogens with zero attached hydrogens (tertiary/aromatic N) is 2. The van der Waals surface area contributed by atoms with Crippen LogP contribution in [0.3, 0.4) is 0 Å². The quantitative estimate of drug-likeness (QED) is 0.904. The first-order valence-electron chi connectivity index (χ1n) is 7.29. The van der Waals surface area contributed by atoms with Crippen LogP contribution in [0.5, 0.6) is 0 Å². The minimum Gasteiger partial charge on any atom is -0.336 e. The minimum atomic E-state index is 0.313. The third-order valence-electron chi connectivity index (χ3n) is 3.91. The van der Waals surface area contributed by atoms with Gasteiger partial charge in [-0.15, -0.1) is 0 Å². The first-order chi connectivity index (χ1) is 9.52. The van der Waals surface area contributed by atoms with Crippen LogP contribution in [0.4, 0.5) is 0 Å². The summed E-state index contributed by atoms with van der Waals surface area (Å²) in [6, 6.07) is 4.86. The second-order valence-electron chi connectivity index (χ2n) is 5.62. The molecule has 0 spiro atoms. The highest BCUT2D eigenvalue weighted by Gasteiger charge is 2.16. The molecule has 20 heavy (non-hydrogen) atoms. The molecule has 0 saturated carbocycles. The van der Waals surface area contributed by atoms with Gasteiger partial charge in [-0.3, -0.25) is 0 Å². The topological polar surface area (TPSA) is 29.9 Å². The molecular weight excluding hydrogens is 246 g/mol. The Morgan fingerprint density at radius 2 is 1.85 bits per heavy atom. The van der Waals surface area contributed by atoms with Crippen LogP contribution in [-0.2, 0) is 13.5 Å². The van der Waals surface area contributed by atoms with Gasteiger partial charge in [-0.2, -0.15) is 0 Å². The van der Waals surface area contributed by atoms with Gasteiger partial charge in [-0.25, -0.2) is 4.98 Å². The number of aromatic nitrogens is 2. The highest BCUT2D eigenvalue weighted by Crippen LogP contribution is 2.23. The Balaban J connectivity index is 2.32. The van der Waals surface area contributed by atoms with E-state index in [-0.39, 0.29) is 0 Å². The zero-order valence-electron chi connectivity index (χ0n) is 13.2. The van der Waals surface area contributed by atoms with E-state index in [1.807, 2.05) is 12.5 Å². The summed E-state index contributed by atoms with van der Waals surface area (Å²) in [4.78, 5) is 4.25. The van der Waals surface area contributed by atoms with Crippen LogP contribution < -0.4 is 5.32 Å². The molecule has 0 amide bonds. The molecule has 0 fully saturated rings. The summed E-state index contributed by atoms with van der Waals surface area (Å²) < 4.78 is 2.10. The molecule has 0 aliphatic heterocycles. The Morgan fingerprint density at radius 3 is 2.35 bits per heavy atom. The summed E-state index contributed by atoms with van der Waals surface area (Å²) in [5, 5.41) is 3.58. The number of rotatable bonds is 5. The van der Waals surface area contributed by atoms with E-state index in [2.05, 4.69) is 61.7 Å². The zero-order chi connectivity index (χ0) is 14.7. The molecule has 0 aliphatic carbocycles. The van der Waals surface area contributed by atoms with Crippen molar-refractivity contribution >= 4 is 0 Å². The summed E-state index contributed by atoms with van der Waals surface area (Å²) in [6.07, 6.45) is 4.84. The van der Waals surface area contributed by atoms with Gasteiger partial charge in [0.05, 0.1) is 18.1 Å². The lowest BCUT2D eigenvalue weighted by Crippen LogP contribution is -2.25. The Morgan fingerprint density at radius 1 is 1.20 bits per heavy atom. The lowest BCUT2D eigenvalue weighted by Gasteiger charge is -2.21. The van der Waals surface area contributed by atoms with Crippen LogP contribution in [0.15, 0.2) is 24.7 Å². The van der Waals surface area contributed by atoms with Gasteiger partial charge in [0.1, 0.15) is 0 Å². The largest absolute Gasteiger partial charge is 0.336 e. The van der Waals surface area contributed by atoms with Crippen LogP contribution in [0, 0.1) is 20.8 Å². The third kappa shape index (κ3) is 3.10. The maximum absolute atomic E-state index is 4.25. The van der Waals surface area contributed by atoms with Gasteiger partial charge in [-0.05, 0) is 50.4 Å². The monoisotopic (exact) mass is 271 g/mol. The van der Waals surface area contributed by atoms with Crippen molar-refractivity contribution in [2.75, 3.05) is 6.54 Å². The van der Waals surface area contributed by atoms with Crippen molar-refractivity contribution in [1.29, 1.82) is 0 Å². The molecule has 1 aromatic heterocycles. The first-order valence-corrected chi connectivity index (χ1v) is 7.29. The Hall–Kier alpha value is -1.61. The highest BCUT2D eigenvalue weighted by molar-refractivity contribution is 5.38. The second-order valence-corrected chi connectivity index (χ2v) is 5.62. The van der Waals surface area contributed by atoms with Gasteiger partial charge >= 0.3 is 0 Å². The van der Waals surface area contributed by atoms with Crippen molar-refractivity contribution in [3.63, 3.8) is 0 Å². The number of hydrogen-bond acceptors (Lipinski definition) is 2. The van der Waals surface area contributed by atoms with Gasteiger partial charge in [0, 0.05) is 13.2 Å². The van der Waals surface area contributed by atoms with Gasteiger partial charge < -0.3 is 9.88 Å². The van der Waals surface area contributed by atoms with Crippen molar-refractivity contribution in [3.8, 4) is 0 Å². The van der Waals surface area contributed by atoms with Crippen LogP contribution in [0.2, 0.25) is 0 Å². The molecule has 2 rings (SSSR count). The van der Waals surface area contributed by atoms with Crippen LogP contribution >= 0.6 is 0 Å². The van der Waals surface area contributed by atoms with Crippen molar-refractivity contribution < 1.29 is 0 Å². The predicted octanol–water partition coefficient (Wildman–Crippen LogP) is 3.24. The molecule has 108 valence electrons. The molecule has 3 heteroatoms. The molecule has 1 aromatic carbocycles. The Bertz CT molecular complexity index is 561. The molecule has 0 saturated heterocycles. The number of benzene rings is 1. The molecule has 2 aromatic rings. The van der Waals surface area contributed by atoms with E-state index < -0.39 is 0 Å². The molecule has 0 bridgehead atoms. The minimum absolute atomic E-state index is 0.313. The zero-order valence-corrected chi connectivity index (χ0v) is 13.2. The summed E-state index contributed by atoms with van der Waals surface area (Å²) in [5.74, 6) is 0. The molecule has 0 aliphatic rings. The van der Waals surface area contributed by atoms with Crippen molar-refractivity contribution in [2.45, 2.75) is 40.2 Å². The highest BCUT2D eigenvalue weighted by atomic mass is 15.1. The standard InChI is InChI=1S/C17H25N3/c1-6-19-16(17-10-18-11-20(17)5)9-15-13(3)7-12(2)8-14(15)4/h7-8,10-11,16,19H,6,9H2,1-5H3. The third-order valence-corrected chi connectivity index (χ3v) is 3.91. The molecular formula is C17H25N3. The maximum Gasteiger partial charge on any atom is 0.0946 e. The summed E-state index contributed by atoms with van der Waals surface area (Å²) >= 11 is 0. The lowest BCUT2D eigenvalue weighted by atomic mass is 9.93. The predicted molar refractivity (Wildman–Crippen MR) is 84.0 cm³/mol. The van der Waals surface area contributed by atoms with Gasteiger partial charge in [-0.1, -0.05) is 24.6 Å². The summed E-state index contributed by atoms with van der Waals surface area (Å²) in [5.41, 5.74) is 6.79. The van der Waals surface area contributed by atoms with E-state index in [1.54, 1.807) is 0 Å². The number of aryl methyl sites for hydroxylation is 4. The van der Waals surface area contributed by atoms with E-state index in [0.717, 1.165) is 13.0 Å². The smallest absolute Gasteiger partial charge is 0.0946 e. The van der Waals surface area contributed by atoms with Gasteiger partial charge in [0.2, 0.25) is 0 Å². The van der Waals surface area contributed by atoms with Gasteiger partial charge in [0.25, 0.3) is 0 Å². The van der Waals surface area contributed by atoms with E-state index in [0.29, 0.717) is 6.04 Å². The average Bonchev–Trinajstić information content (AvgIpc) is 2.78. The van der Waals surface area contributed by atoms with Crippen molar-refractivity contribution in [1.82, 2.24) is 14.9 Å². The van der Waals surface area contributed by atoms with Crippen LogP contribution in [0.1, 0.15) is 40.9 Å². The van der Waals surface area contributed by atoms with Crippen molar-refractivity contribution in [2.24, 2.45) is 7.05 Å². The molecule has 3 nitrogen and oxygen atoms in total. The second kappa shape index (κ2) is 6.23. The van der Waals surface area contributed by atoms with E-state index in [9.17, 15) is 0 Å². The number of likely N-dealkylation sites (N-methyl/N-ethyl adjacent to an activating group) is 1. The fraction of sp³-hybridized carbons (Fsp3) is 0.471. The summed E-state index contributed by atoms with van der Waals surface area (Å²) in [6.45, 7) is 9.69. The molecule has 1 unspecified atom stereocenters. The fourth-order valence-electron chi connectivity index (χ4n) is 2.97. The Labute approximate surface area is 122 Å². The van der Waals surface area contributed by atoms with Crippen LogP contribution in [-0.4, -0.2) is 16.1 Å².